The van der Waals surface area contributed by atoms with E-state index in [2.05, 4.69) is 11.1 Å². The third-order valence-electron chi connectivity index (χ3n) is 4.32. The summed E-state index contributed by atoms with van der Waals surface area (Å²) in [6, 6.07) is 5.89. The topological polar surface area (TPSA) is 90.6 Å². The number of hydrogen-bond acceptors (Lipinski definition) is 4. The number of aryl methyl sites for hydroxylation is 2. The monoisotopic (exact) mass is 338 g/mol. The number of fused-ring (bicyclic) bond motifs is 3. The van der Waals surface area contributed by atoms with Crippen LogP contribution < -0.4 is 10.3 Å². The van der Waals surface area contributed by atoms with Gasteiger partial charge in [-0.25, -0.2) is 4.79 Å². The number of pyridine rings is 1. The van der Waals surface area contributed by atoms with Gasteiger partial charge in [-0.1, -0.05) is 0 Å². The van der Waals surface area contributed by atoms with Crippen LogP contribution in [0.5, 0.6) is 5.75 Å². The lowest BCUT2D eigenvalue weighted by Gasteiger charge is -2.13. The Morgan fingerprint density at radius 1 is 1.24 bits per heavy atom. The molecule has 1 amide bonds. The van der Waals surface area contributed by atoms with E-state index < -0.39 is 6.09 Å². The summed E-state index contributed by atoms with van der Waals surface area (Å²) < 4.78 is 6.75. The molecule has 0 bridgehead atoms. The number of benzene rings is 1. The minimum Gasteiger partial charge on any atom is -0.408 e. The van der Waals surface area contributed by atoms with Gasteiger partial charge in [0, 0.05) is 14.1 Å². The summed E-state index contributed by atoms with van der Waals surface area (Å²) in [6.07, 6.45) is -0.647. The number of ether oxygens (including phenoxy) is 1. The molecule has 1 N–H and O–H groups in total. The van der Waals surface area contributed by atoms with E-state index in [9.17, 15) is 14.9 Å². The van der Waals surface area contributed by atoms with Gasteiger partial charge in [0.2, 0.25) is 0 Å². The summed E-state index contributed by atoms with van der Waals surface area (Å²) in [5, 5.41) is 9.63. The van der Waals surface area contributed by atoms with Gasteiger partial charge in [-0.05, 0) is 44.0 Å². The molecule has 0 saturated carbocycles. The first-order valence-corrected chi connectivity index (χ1v) is 7.73. The van der Waals surface area contributed by atoms with Crippen LogP contribution in [0.4, 0.5) is 4.79 Å². The van der Waals surface area contributed by atoms with Gasteiger partial charge < -0.3 is 14.6 Å². The predicted octanol–water partition coefficient (Wildman–Crippen LogP) is 2.64. The van der Waals surface area contributed by atoms with E-state index >= 15 is 0 Å². The van der Waals surface area contributed by atoms with Gasteiger partial charge in [-0.2, -0.15) is 5.26 Å². The fraction of sp³-hybridized carbons (Fsp3) is 0.278. The van der Waals surface area contributed by atoms with E-state index in [0.29, 0.717) is 11.2 Å². The van der Waals surface area contributed by atoms with Crippen molar-refractivity contribution in [3.8, 4) is 11.8 Å². The Hall–Kier alpha value is -3.27. The Kier molecular flexibility index (Phi) is 3.76. The van der Waals surface area contributed by atoms with Gasteiger partial charge in [0.15, 0.2) is 5.75 Å². The SMILES string of the molecule is Cc1cc2[nH]c3c(C#N)c(OC(=O)N(C)C)c(C)c(=O)n3c2cc1C. The molecule has 0 aliphatic rings. The summed E-state index contributed by atoms with van der Waals surface area (Å²) in [4.78, 5) is 29.1. The number of nitrogens with zero attached hydrogens (tertiary/aromatic N) is 3. The standard InChI is InChI=1S/C18H18N4O3/c1-9-6-13-14(7-10(9)2)22-16(20-13)12(8-19)15(11(3)17(22)23)25-18(24)21(4)5/h6-7,20H,1-5H3. The highest BCUT2D eigenvalue weighted by Crippen LogP contribution is 2.28. The van der Waals surface area contributed by atoms with Crippen molar-refractivity contribution in [1.82, 2.24) is 14.3 Å². The summed E-state index contributed by atoms with van der Waals surface area (Å²) in [5.74, 6) is -0.00815. The average molecular weight is 338 g/mol. The fourth-order valence-electron chi connectivity index (χ4n) is 2.74. The van der Waals surface area contributed by atoms with Gasteiger partial charge in [0.05, 0.1) is 16.6 Å². The van der Waals surface area contributed by atoms with Crippen LogP contribution >= 0.6 is 0 Å². The van der Waals surface area contributed by atoms with E-state index in [-0.39, 0.29) is 22.4 Å². The van der Waals surface area contributed by atoms with Crippen LogP contribution in [0, 0.1) is 32.1 Å². The molecule has 0 saturated heterocycles. The van der Waals surface area contributed by atoms with E-state index in [1.807, 2.05) is 26.0 Å². The molecule has 3 aromatic rings. The molecule has 3 rings (SSSR count). The number of carbonyl (C=O) groups is 1. The van der Waals surface area contributed by atoms with Crippen molar-refractivity contribution < 1.29 is 9.53 Å². The molecule has 0 aliphatic heterocycles. The molecule has 7 heteroatoms. The zero-order chi connectivity index (χ0) is 18.5. The van der Waals surface area contributed by atoms with Gasteiger partial charge in [0.1, 0.15) is 17.3 Å². The Bertz CT molecular complexity index is 1130. The molecule has 0 radical (unpaired) electrons. The van der Waals surface area contributed by atoms with Crippen molar-refractivity contribution in [2.45, 2.75) is 20.8 Å². The molecule has 1 aromatic carbocycles. The van der Waals surface area contributed by atoms with Crippen LogP contribution in [0.25, 0.3) is 16.7 Å². The van der Waals surface area contributed by atoms with Crippen molar-refractivity contribution in [3.05, 3.63) is 44.7 Å². The number of amides is 1. The Balaban J connectivity index is 2.44. The van der Waals surface area contributed by atoms with Crippen LogP contribution in [0.2, 0.25) is 0 Å². The van der Waals surface area contributed by atoms with Gasteiger partial charge in [-0.3, -0.25) is 9.20 Å². The lowest BCUT2D eigenvalue weighted by Crippen LogP contribution is -2.28. The molecule has 2 heterocycles. The number of H-pyrrole nitrogens is 1. The smallest absolute Gasteiger partial charge is 0.408 e. The Morgan fingerprint density at radius 3 is 2.48 bits per heavy atom. The number of aromatic amines is 1. The second-order valence-corrected chi connectivity index (χ2v) is 6.27. The predicted molar refractivity (Wildman–Crippen MR) is 94.2 cm³/mol. The normalized spacial score (nSPS) is 10.9. The van der Waals surface area contributed by atoms with Crippen molar-refractivity contribution in [1.29, 1.82) is 5.26 Å². The fourth-order valence-corrected chi connectivity index (χ4v) is 2.74. The zero-order valence-corrected chi connectivity index (χ0v) is 14.7. The molecule has 2 aromatic heterocycles. The number of aromatic nitrogens is 2. The van der Waals surface area contributed by atoms with Crippen LogP contribution in [0.3, 0.4) is 0 Å². The van der Waals surface area contributed by atoms with E-state index in [0.717, 1.165) is 16.6 Å². The maximum atomic E-state index is 12.9. The first-order valence-electron chi connectivity index (χ1n) is 7.73. The van der Waals surface area contributed by atoms with Crippen LogP contribution in [0.15, 0.2) is 16.9 Å². The second kappa shape index (κ2) is 5.67. The molecule has 128 valence electrons. The first kappa shape index (κ1) is 16.6. The summed E-state index contributed by atoms with van der Waals surface area (Å²) in [7, 11) is 3.06. The number of nitriles is 1. The molecule has 25 heavy (non-hydrogen) atoms. The van der Waals surface area contributed by atoms with Crippen molar-refractivity contribution >= 4 is 22.8 Å². The molecule has 0 spiro atoms. The minimum absolute atomic E-state index is 0.00815. The van der Waals surface area contributed by atoms with Crippen LogP contribution in [-0.4, -0.2) is 34.5 Å². The van der Waals surface area contributed by atoms with E-state index in [4.69, 9.17) is 4.74 Å². The largest absolute Gasteiger partial charge is 0.414 e. The van der Waals surface area contributed by atoms with Crippen molar-refractivity contribution in [2.75, 3.05) is 14.1 Å². The van der Waals surface area contributed by atoms with Crippen LogP contribution in [0.1, 0.15) is 22.3 Å². The number of rotatable bonds is 1. The lowest BCUT2D eigenvalue weighted by molar-refractivity contribution is 0.171. The third-order valence-corrected chi connectivity index (χ3v) is 4.32. The van der Waals surface area contributed by atoms with E-state index in [1.165, 1.54) is 23.4 Å². The number of carbonyl (C=O) groups excluding carboxylic acids is 1. The van der Waals surface area contributed by atoms with Gasteiger partial charge in [0.25, 0.3) is 5.56 Å². The molecule has 0 unspecified atom stereocenters. The zero-order valence-electron chi connectivity index (χ0n) is 14.7. The molecule has 0 atom stereocenters. The maximum Gasteiger partial charge on any atom is 0.414 e. The van der Waals surface area contributed by atoms with Crippen molar-refractivity contribution in [3.63, 3.8) is 0 Å². The van der Waals surface area contributed by atoms with E-state index in [1.54, 1.807) is 6.92 Å². The molecular formula is C18H18N4O3. The van der Waals surface area contributed by atoms with Crippen LogP contribution in [-0.2, 0) is 0 Å². The summed E-state index contributed by atoms with van der Waals surface area (Å²) in [6.45, 7) is 5.49. The highest BCUT2D eigenvalue weighted by Gasteiger charge is 2.22. The van der Waals surface area contributed by atoms with Gasteiger partial charge in [-0.15, -0.1) is 0 Å². The summed E-state index contributed by atoms with van der Waals surface area (Å²) >= 11 is 0. The first-order chi connectivity index (χ1) is 11.8. The Morgan fingerprint density at radius 2 is 1.88 bits per heavy atom. The molecule has 0 fully saturated rings. The number of hydrogen-bond donors (Lipinski definition) is 1. The number of nitrogens with one attached hydrogen (secondary N) is 1. The molecule has 0 aliphatic carbocycles. The molecular weight excluding hydrogens is 320 g/mol. The quantitative estimate of drug-likeness (QED) is 0.738. The molecule has 7 nitrogen and oxygen atoms in total. The lowest BCUT2D eigenvalue weighted by atomic mass is 10.1. The number of imidazole rings is 1. The minimum atomic E-state index is -0.647. The highest BCUT2D eigenvalue weighted by molar-refractivity contribution is 5.85. The maximum absolute atomic E-state index is 12.9. The second-order valence-electron chi connectivity index (χ2n) is 6.27. The highest BCUT2D eigenvalue weighted by atomic mass is 16.6. The van der Waals surface area contributed by atoms with Gasteiger partial charge >= 0.3 is 6.09 Å². The average Bonchev–Trinajstić information content (AvgIpc) is 2.91. The van der Waals surface area contributed by atoms with Crippen molar-refractivity contribution in [2.24, 2.45) is 0 Å². The third kappa shape index (κ3) is 2.43. The Labute approximate surface area is 144 Å². The summed E-state index contributed by atoms with van der Waals surface area (Å²) in [5.41, 5.74) is 3.87.